The number of ether oxygens (including phenoxy) is 1. The van der Waals surface area contributed by atoms with E-state index in [0.29, 0.717) is 11.5 Å². The summed E-state index contributed by atoms with van der Waals surface area (Å²) in [5, 5.41) is 2.21. The molecule has 2 aromatic heterocycles. The first-order valence-electron chi connectivity index (χ1n) is 28.4. The molecule has 1 aliphatic rings. The van der Waals surface area contributed by atoms with Gasteiger partial charge in [-0.2, -0.15) is 6.07 Å². The summed E-state index contributed by atoms with van der Waals surface area (Å²) in [6.07, 6.45) is 1.95. The zero-order chi connectivity index (χ0) is 57.0. The summed E-state index contributed by atoms with van der Waals surface area (Å²) in [4.78, 5) is 9.87. The molecule has 0 amide bonds. The molecule has 0 fully saturated rings. The molecule has 0 saturated heterocycles. The minimum absolute atomic E-state index is 0. The van der Waals surface area contributed by atoms with E-state index < -0.39 is 0 Å². The standard InChI is InChI=1S/C74H83N4O.Pt/c1-68(2,3)52-36-53(69(4,5)6)38-55(37-52)76-47-77(66-46-62(72(13,14)15)61(45-65(66)76)71(10,11)12)56-39-54(70(7,8)9)40-58(43-56)79-57-31-32-59-60-41-50(73(16,17)48-26-22-20-23-27-48)30-33-63(60)78(64(59)44-57)67-42-51(34-35-75-67)74(18,19)49-28-24-21-25-29-49;/h20-42,45-47H,1-19H3;/q-3;. The van der Waals surface area contributed by atoms with Crippen LogP contribution in [0.1, 0.15) is 182 Å². The fourth-order valence-corrected chi connectivity index (χ4v) is 11.3. The van der Waals surface area contributed by atoms with Crippen LogP contribution in [0.5, 0.6) is 11.5 Å². The van der Waals surface area contributed by atoms with E-state index in [1.807, 2.05) is 6.20 Å². The van der Waals surface area contributed by atoms with Crippen molar-refractivity contribution in [3.8, 4) is 17.3 Å². The van der Waals surface area contributed by atoms with Crippen molar-refractivity contribution in [2.75, 3.05) is 9.80 Å². The summed E-state index contributed by atoms with van der Waals surface area (Å²) in [6, 6.07) is 61.3. The predicted octanol–water partition coefficient (Wildman–Crippen LogP) is 20.1. The van der Waals surface area contributed by atoms with Crippen LogP contribution in [0.4, 0.5) is 22.7 Å². The largest absolute Gasteiger partial charge is 0.509 e. The Morgan fingerprint density at radius 1 is 0.412 bits per heavy atom. The summed E-state index contributed by atoms with van der Waals surface area (Å²) >= 11 is 0. The summed E-state index contributed by atoms with van der Waals surface area (Å²) in [6.45, 7) is 46.2. The molecule has 0 bridgehead atoms. The fourth-order valence-electron chi connectivity index (χ4n) is 11.3. The molecule has 418 valence electrons. The van der Waals surface area contributed by atoms with E-state index in [1.165, 1.54) is 44.5 Å². The van der Waals surface area contributed by atoms with Crippen LogP contribution in [-0.4, -0.2) is 9.55 Å². The third kappa shape index (κ3) is 11.1. The molecule has 0 N–H and O–H groups in total. The average Bonchev–Trinajstić information content (AvgIpc) is 4.17. The maximum Gasteiger partial charge on any atom is 0.135 e. The monoisotopic (exact) mass is 1240 g/mol. The van der Waals surface area contributed by atoms with Crippen LogP contribution in [0, 0.1) is 18.8 Å². The first-order valence-corrected chi connectivity index (χ1v) is 28.4. The maximum absolute atomic E-state index is 7.13. The van der Waals surface area contributed by atoms with Crippen molar-refractivity contribution in [2.24, 2.45) is 0 Å². The van der Waals surface area contributed by atoms with E-state index >= 15 is 0 Å². The van der Waals surface area contributed by atoms with Gasteiger partial charge >= 0.3 is 0 Å². The quantitative estimate of drug-likeness (QED) is 0.135. The molecule has 80 heavy (non-hydrogen) atoms. The van der Waals surface area contributed by atoms with Gasteiger partial charge in [0.05, 0.1) is 0 Å². The molecule has 10 rings (SSSR count). The molecule has 6 heteroatoms. The number of hydrogen-bond acceptors (Lipinski definition) is 4. The molecule has 5 nitrogen and oxygen atoms in total. The molecule has 0 atom stereocenters. The van der Waals surface area contributed by atoms with Crippen LogP contribution in [-0.2, 0) is 59.0 Å². The minimum atomic E-state index is -0.270. The van der Waals surface area contributed by atoms with E-state index in [9.17, 15) is 0 Å². The minimum Gasteiger partial charge on any atom is -0.509 e. The van der Waals surface area contributed by atoms with Gasteiger partial charge in [-0.25, -0.2) is 4.98 Å². The van der Waals surface area contributed by atoms with Crippen LogP contribution in [0.15, 0.2) is 152 Å². The van der Waals surface area contributed by atoms with Gasteiger partial charge in [0.1, 0.15) is 5.82 Å². The average molecular weight is 1240 g/mol. The first-order chi connectivity index (χ1) is 36.8. The molecule has 0 radical (unpaired) electrons. The van der Waals surface area contributed by atoms with Gasteiger partial charge in [-0.15, -0.1) is 53.6 Å². The van der Waals surface area contributed by atoms with Crippen LogP contribution < -0.4 is 14.5 Å². The van der Waals surface area contributed by atoms with Gasteiger partial charge < -0.3 is 19.1 Å². The Morgan fingerprint density at radius 3 is 1.45 bits per heavy atom. The van der Waals surface area contributed by atoms with Gasteiger partial charge in [0.2, 0.25) is 0 Å². The Morgan fingerprint density at radius 2 is 0.925 bits per heavy atom. The number of nitrogens with zero attached hydrogens (tertiary/aromatic N) is 4. The Hall–Kier alpha value is -6.42. The molecular formula is C74H83N4OPt-3. The van der Waals surface area contributed by atoms with E-state index in [2.05, 4.69) is 310 Å². The number of fused-ring (bicyclic) bond motifs is 4. The summed E-state index contributed by atoms with van der Waals surface area (Å²) < 4.78 is 9.40. The van der Waals surface area contributed by atoms with Crippen LogP contribution in [0.25, 0.3) is 27.6 Å². The third-order valence-electron chi connectivity index (χ3n) is 16.6. The smallest absolute Gasteiger partial charge is 0.135 e. The number of aromatic nitrogens is 2. The van der Waals surface area contributed by atoms with Gasteiger partial charge in [0, 0.05) is 72.2 Å². The zero-order valence-corrected chi connectivity index (χ0v) is 53.3. The summed E-state index contributed by atoms with van der Waals surface area (Å²) in [7, 11) is 0. The Balaban J connectivity index is 0.00000774. The van der Waals surface area contributed by atoms with Gasteiger partial charge in [-0.05, 0) is 119 Å². The normalized spacial score (nSPS) is 13.7. The number of benzene rings is 7. The van der Waals surface area contributed by atoms with Crippen molar-refractivity contribution in [1.29, 1.82) is 0 Å². The second-order valence-corrected chi connectivity index (χ2v) is 28.5. The summed E-state index contributed by atoms with van der Waals surface area (Å²) in [5.74, 6) is 2.05. The zero-order valence-electron chi connectivity index (χ0n) is 51.0. The van der Waals surface area contributed by atoms with Gasteiger partial charge in [0.15, 0.2) is 0 Å². The topological polar surface area (TPSA) is 33.5 Å². The molecule has 7 aromatic carbocycles. The Labute approximate surface area is 494 Å². The fraction of sp³-hybridized carbons (Fsp3) is 0.351. The van der Waals surface area contributed by atoms with E-state index in [0.717, 1.165) is 55.9 Å². The molecule has 9 aromatic rings. The number of hydrogen-bond donors (Lipinski definition) is 0. The first kappa shape index (κ1) is 58.2. The van der Waals surface area contributed by atoms with Gasteiger partial charge in [-0.3, -0.25) is 0 Å². The Kier molecular flexibility index (Phi) is 14.9. The van der Waals surface area contributed by atoms with Crippen molar-refractivity contribution in [3.63, 3.8) is 0 Å². The van der Waals surface area contributed by atoms with E-state index in [4.69, 9.17) is 9.72 Å². The molecular weight excluding hydrogens is 1160 g/mol. The summed E-state index contributed by atoms with van der Waals surface area (Å²) in [5.41, 5.74) is 16.6. The SMILES string of the molecule is CC(C)(C)c1cc(Oc2[c-]c3c(cc2)c2cc(C(C)(C)c4ccccc4)ccc2n3-c2cc(C(C)(C)c3ccccc3)ccn2)[c-]c(N2[CH-]N(c3cc(C(C)(C)C)cc(C(C)(C)C)c3)c3cc(C(C)(C)C)c(C(C)(C)C)cc32)c1.[Pt]. The molecule has 1 aliphatic heterocycles. The number of anilines is 4. The van der Waals surface area contributed by atoms with Crippen molar-refractivity contribution in [2.45, 2.75) is 169 Å². The number of rotatable bonds is 9. The van der Waals surface area contributed by atoms with Crippen molar-refractivity contribution in [1.82, 2.24) is 9.55 Å². The van der Waals surface area contributed by atoms with Gasteiger partial charge in [0.25, 0.3) is 0 Å². The third-order valence-corrected chi connectivity index (χ3v) is 16.6. The molecule has 0 spiro atoms. The van der Waals surface area contributed by atoms with Crippen molar-refractivity contribution < 1.29 is 25.8 Å². The van der Waals surface area contributed by atoms with Crippen molar-refractivity contribution in [3.05, 3.63) is 221 Å². The van der Waals surface area contributed by atoms with Crippen LogP contribution in [0.2, 0.25) is 0 Å². The Bertz CT molecular complexity index is 3720. The second kappa shape index (κ2) is 20.5. The van der Waals surface area contributed by atoms with Gasteiger partial charge in [-0.1, -0.05) is 216 Å². The predicted molar refractivity (Wildman–Crippen MR) is 335 cm³/mol. The maximum atomic E-state index is 7.13. The molecule has 0 saturated carbocycles. The van der Waals surface area contributed by atoms with Crippen molar-refractivity contribution >= 4 is 44.6 Å². The number of pyridine rings is 1. The second-order valence-electron chi connectivity index (χ2n) is 28.5. The van der Waals surface area contributed by atoms with E-state index in [-0.39, 0.29) is 59.0 Å². The van der Waals surface area contributed by atoms with Crippen LogP contribution >= 0.6 is 0 Å². The molecule has 0 unspecified atom stereocenters. The molecule has 3 heterocycles. The molecule has 0 aliphatic carbocycles. The van der Waals surface area contributed by atoms with Crippen LogP contribution in [0.3, 0.4) is 0 Å². The van der Waals surface area contributed by atoms with E-state index in [1.54, 1.807) is 0 Å².